The highest BCUT2D eigenvalue weighted by Crippen LogP contribution is 2.49. The molecule has 1 aromatic heterocycles. The molecule has 3 unspecified atom stereocenters. The van der Waals surface area contributed by atoms with Crippen LogP contribution in [0.15, 0.2) is 128 Å². The topological polar surface area (TPSA) is 215 Å². The molecule has 17 heteroatoms. The summed E-state index contributed by atoms with van der Waals surface area (Å²) in [5.41, 5.74) is 5.35. The first-order valence-electron chi connectivity index (χ1n) is 27.4. The van der Waals surface area contributed by atoms with Gasteiger partial charge in [-0.3, -0.25) is 28.9 Å². The summed E-state index contributed by atoms with van der Waals surface area (Å²) < 4.78 is 13.5. The third kappa shape index (κ3) is 11.8. The molecule has 6 N–H and O–H groups in total. The fourth-order valence-electron chi connectivity index (χ4n) is 10.9. The maximum Gasteiger partial charge on any atom is 0.264 e. The van der Waals surface area contributed by atoms with Crippen LogP contribution < -0.4 is 34.8 Å². The Balaban J connectivity index is 1.05. The van der Waals surface area contributed by atoms with Gasteiger partial charge in [-0.05, 0) is 161 Å². The van der Waals surface area contributed by atoms with E-state index in [0.717, 1.165) is 22.4 Å². The fraction of sp³-hybridized carbons (Fsp3) is 0.393. The minimum absolute atomic E-state index is 0.0523. The zero-order valence-electron chi connectivity index (χ0n) is 44.8. The summed E-state index contributed by atoms with van der Waals surface area (Å²) in [6, 6.07) is 32.8. The van der Waals surface area contributed by atoms with Gasteiger partial charge in [0, 0.05) is 48.8 Å². The highest BCUT2D eigenvalue weighted by molar-refractivity contribution is 6.10. The smallest absolute Gasteiger partial charge is 0.264 e. The van der Waals surface area contributed by atoms with Crippen molar-refractivity contribution in [2.45, 2.75) is 102 Å². The lowest BCUT2D eigenvalue weighted by Gasteiger charge is -2.35. The Kier molecular flexibility index (Phi) is 18.1. The molecule has 5 aromatic carbocycles. The van der Waals surface area contributed by atoms with E-state index >= 15 is 4.79 Å². The Bertz CT molecular complexity index is 3080. The summed E-state index contributed by atoms with van der Waals surface area (Å²) in [5.74, 6) is -0.562. The van der Waals surface area contributed by atoms with E-state index in [1.807, 2.05) is 136 Å². The van der Waals surface area contributed by atoms with Crippen molar-refractivity contribution in [2.24, 2.45) is 5.92 Å². The molecule has 0 radical (unpaired) electrons. The number of carbonyl (C=O) groups excluding carboxylic acids is 3. The molecule has 0 fully saturated rings. The largest absolute Gasteiger partial charge is 0.494 e. The quantitative estimate of drug-likeness (QED) is 0.0236. The van der Waals surface area contributed by atoms with Crippen LogP contribution in [0.2, 0.25) is 0 Å². The van der Waals surface area contributed by atoms with Crippen molar-refractivity contribution in [3.63, 3.8) is 0 Å². The number of benzene rings is 5. The lowest BCUT2D eigenvalue weighted by atomic mass is 9.82. The van der Waals surface area contributed by atoms with Crippen molar-refractivity contribution in [1.29, 1.82) is 0 Å². The summed E-state index contributed by atoms with van der Waals surface area (Å²) in [6.45, 7) is 8.21. The van der Waals surface area contributed by atoms with E-state index < -0.39 is 29.5 Å². The molecular weight excluding hydrogens is 989 g/mol. The second-order valence-electron chi connectivity index (χ2n) is 20.2. The fourth-order valence-corrected chi connectivity index (χ4v) is 10.9. The molecule has 0 spiro atoms. The van der Waals surface area contributed by atoms with E-state index in [0.29, 0.717) is 129 Å². The number of fused-ring (bicyclic) bond motifs is 3. The number of aliphatic hydroxyl groups is 4. The summed E-state index contributed by atoms with van der Waals surface area (Å²) >= 11 is 0. The van der Waals surface area contributed by atoms with Crippen LogP contribution in [0.25, 0.3) is 0 Å². The molecule has 0 bridgehead atoms. The van der Waals surface area contributed by atoms with Crippen LogP contribution in [-0.4, -0.2) is 111 Å². The van der Waals surface area contributed by atoms with Crippen molar-refractivity contribution in [1.82, 2.24) is 25.6 Å². The molecule has 4 heterocycles. The molecule has 410 valence electrons. The van der Waals surface area contributed by atoms with Gasteiger partial charge in [0.1, 0.15) is 11.5 Å². The molecule has 0 saturated heterocycles. The van der Waals surface area contributed by atoms with Gasteiger partial charge in [0.25, 0.3) is 5.91 Å². The van der Waals surface area contributed by atoms with Crippen molar-refractivity contribution in [3.05, 3.63) is 161 Å². The lowest BCUT2D eigenvalue weighted by molar-refractivity contribution is -0.139. The van der Waals surface area contributed by atoms with Gasteiger partial charge in [-0.2, -0.15) is 0 Å². The zero-order valence-corrected chi connectivity index (χ0v) is 44.8. The van der Waals surface area contributed by atoms with E-state index in [1.165, 1.54) is 0 Å². The van der Waals surface area contributed by atoms with Gasteiger partial charge in [-0.15, -0.1) is 5.10 Å². The molecule has 78 heavy (non-hydrogen) atoms. The first-order valence-corrected chi connectivity index (χ1v) is 27.4. The Labute approximate surface area is 456 Å². The Morgan fingerprint density at radius 1 is 0.718 bits per heavy atom. The number of aromatic nitrogens is 3. The third-order valence-electron chi connectivity index (χ3n) is 15.0. The van der Waals surface area contributed by atoms with E-state index in [1.54, 1.807) is 31.5 Å². The monoisotopic (exact) mass is 1060 g/mol. The summed E-state index contributed by atoms with van der Waals surface area (Å²) in [5, 5.41) is 57.9. The van der Waals surface area contributed by atoms with Crippen LogP contribution >= 0.6 is 0 Å². The number of allylic oxidation sites excluding steroid dienone is 1. The number of nitrogens with one attached hydrogen (secondary N) is 2. The van der Waals surface area contributed by atoms with Crippen LogP contribution in [0.4, 0.5) is 28.4 Å². The standard InChI is InChI=1S/C61H72N8O9/c1-4-77-48-22-25-55-44(33-48)35-52(62-27-10-13-30-70)58(73)68(55)46-20-15-17-42(32-46)38-67-57-24-21-47(69-56-26-23-49(78-5-2)34-45(56)36-53(59(69)74)63-28-11-14-31-71)37-51(57)61(76,60(67)75)41(3)16-9-12-29-66-39-54(64-65-66)50(40-72)43-18-7-6-8-19-43/h6-9,15-26,32-34,37,39,41,50,52-53,62-63,70-72,76H,4-5,10-14,27-31,35-36,38,40H2,1-3H3/b16-9+/t41-,50?,52?,53?,61+/m0/s1. The second kappa shape index (κ2) is 25.5. The van der Waals surface area contributed by atoms with Crippen LogP contribution in [0.1, 0.15) is 92.3 Å². The van der Waals surface area contributed by atoms with Gasteiger partial charge in [0.05, 0.1) is 67.1 Å². The molecule has 5 atom stereocenters. The predicted molar refractivity (Wildman–Crippen MR) is 299 cm³/mol. The van der Waals surface area contributed by atoms with Crippen molar-refractivity contribution < 1.29 is 44.3 Å². The summed E-state index contributed by atoms with van der Waals surface area (Å²) in [4.78, 5) is 49.5. The maximum atomic E-state index is 15.3. The van der Waals surface area contributed by atoms with E-state index in [9.17, 15) is 30.0 Å². The average Bonchev–Trinajstić information content (AvgIpc) is 3.93. The minimum Gasteiger partial charge on any atom is -0.494 e. The van der Waals surface area contributed by atoms with E-state index in [4.69, 9.17) is 9.47 Å². The number of ether oxygens (including phenoxy) is 2. The SMILES string of the molecule is CCOc1ccc2c(c1)CC(NCCCCO)C(=O)N2c1cccc(CN2C(=O)[C@@](O)([C@@H](C)/C=C/CCn3cc(C(CO)c4ccccc4)nn3)c3cc(N4C(=O)C(NCCCCO)Cc5cc(OCC)ccc54)ccc32)c1. The van der Waals surface area contributed by atoms with Crippen LogP contribution in [-0.2, 0) is 45.9 Å². The van der Waals surface area contributed by atoms with Gasteiger partial charge in [0.2, 0.25) is 11.8 Å². The number of carbonyl (C=O) groups is 3. The van der Waals surface area contributed by atoms with Crippen LogP contribution in [0, 0.1) is 5.92 Å². The number of nitrogens with zero attached hydrogens (tertiary/aromatic N) is 6. The van der Waals surface area contributed by atoms with Gasteiger partial charge in [-0.1, -0.05) is 66.8 Å². The Morgan fingerprint density at radius 3 is 1.91 bits per heavy atom. The summed E-state index contributed by atoms with van der Waals surface area (Å²) in [6.07, 6.45) is 9.56. The number of aliphatic hydroxyl groups excluding tert-OH is 3. The Morgan fingerprint density at radius 2 is 1.32 bits per heavy atom. The normalized spacial score (nSPS) is 18.8. The molecule has 0 aliphatic carbocycles. The molecule has 3 amide bonds. The predicted octanol–water partition coefficient (Wildman–Crippen LogP) is 7.12. The highest BCUT2D eigenvalue weighted by Gasteiger charge is 2.53. The lowest BCUT2D eigenvalue weighted by Crippen LogP contribution is -2.49. The molecule has 9 rings (SSSR count). The molecule has 3 aliphatic heterocycles. The van der Waals surface area contributed by atoms with Gasteiger partial charge in [-0.25, -0.2) is 0 Å². The first kappa shape index (κ1) is 55.5. The summed E-state index contributed by atoms with van der Waals surface area (Å²) in [7, 11) is 0. The number of amides is 3. The van der Waals surface area contributed by atoms with Crippen molar-refractivity contribution in [2.75, 3.05) is 60.8 Å². The number of rotatable bonds is 26. The van der Waals surface area contributed by atoms with Gasteiger partial charge >= 0.3 is 0 Å². The van der Waals surface area contributed by atoms with Crippen LogP contribution in [0.5, 0.6) is 11.5 Å². The van der Waals surface area contributed by atoms with Gasteiger partial charge in [0.15, 0.2) is 5.60 Å². The third-order valence-corrected chi connectivity index (χ3v) is 15.0. The van der Waals surface area contributed by atoms with E-state index in [-0.39, 0.29) is 44.1 Å². The first-order chi connectivity index (χ1) is 38.0. The van der Waals surface area contributed by atoms with Crippen molar-refractivity contribution >= 4 is 46.2 Å². The minimum atomic E-state index is -2.08. The molecular formula is C61H72N8O9. The molecule has 17 nitrogen and oxygen atoms in total. The molecule has 0 saturated carbocycles. The van der Waals surface area contributed by atoms with E-state index in [2.05, 4.69) is 20.9 Å². The van der Waals surface area contributed by atoms with Crippen LogP contribution in [0.3, 0.4) is 0 Å². The average molecular weight is 1060 g/mol. The number of aryl methyl sites for hydroxylation is 1. The number of anilines is 5. The second-order valence-corrected chi connectivity index (χ2v) is 20.2. The number of unbranched alkanes of at least 4 members (excludes halogenated alkanes) is 2. The maximum absolute atomic E-state index is 15.3. The number of hydrogen-bond donors (Lipinski definition) is 6. The molecule has 3 aliphatic rings. The Hall–Kier alpha value is -7.25. The molecule has 6 aromatic rings. The number of hydrogen-bond acceptors (Lipinski definition) is 13. The van der Waals surface area contributed by atoms with Gasteiger partial charge < -0.3 is 45.4 Å². The highest BCUT2D eigenvalue weighted by atomic mass is 16.5. The van der Waals surface area contributed by atoms with Crippen molar-refractivity contribution in [3.8, 4) is 11.5 Å². The zero-order chi connectivity index (χ0) is 54.8.